The van der Waals surface area contributed by atoms with E-state index in [2.05, 4.69) is 10.0 Å². The fraction of sp³-hybridized carbons (Fsp3) is 0.278. The van der Waals surface area contributed by atoms with Crippen molar-refractivity contribution < 1.29 is 17.6 Å². The summed E-state index contributed by atoms with van der Waals surface area (Å²) < 4.78 is 41.5. The molecule has 0 saturated carbocycles. The molecule has 8 heteroatoms. The molecule has 2 aromatic rings. The summed E-state index contributed by atoms with van der Waals surface area (Å²) in [7, 11) is -3.95. The number of halogens is 1. The van der Waals surface area contributed by atoms with E-state index in [1.165, 1.54) is 17.8 Å². The van der Waals surface area contributed by atoms with Crippen LogP contribution in [0.1, 0.15) is 17.5 Å². The molecule has 0 radical (unpaired) electrons. The Bertz CT molecular complexity index is 928. The van der Waals surface area contributed by atoms with Crippen molar-refractivity contribution in [3.05, 3.63) is 53.3 Å². The number of carbonyl (C=O) groups excluding carboxylic acids is 1. The molecule has 3 rings (SSSR count). The van der Waals surface area contributed by atoms with Crippen LogP contribution in [0.15, 0.2) is 46.2 Å². The maximum absolute atomic E-state index is 14.2. The molecule has 1 aliphatic rings. The number of benzene rings is 2. The lowest BCUT2D eigenvalue weighted by molar-refractivity contribution is -0.116. The Morgan fingerprint density at radius 2 is 1.92 bits per heavy atom. The standard InChI is InChI=1S/C18H19FN2O3S2/c1-12-2-5-14(6-3-12)25-9-8-20-26(23,24)17-10-13-4-7-18(22)21-16(13)11-15(17)19/h2-3,5-6,10-11,20H,4,7-9H2,1H3,(H,21,22). The molecule has 1 heterocycles. The minimum Gasteiger partial charge on any atom is -0.326 e. The summed E-state index contributed by atoms with van der Waals surface area (Å²) in [6.45, 7) is 2.19. The van der Waals surface area contributed by atoms with Crippen LogP contribution in [0.4, 0.5) is 10.1 Å². The van der Waals surface area contributed by atoms with Gasteiger partial charge in [-0.2, -0.15) is 0 Å². The second-order valence-electron chi connectivity index (χ2n) is 6.05. The number of fused-ring (bicyclic) bond motifs is 1. The highest BCUT2D eigenvalue weighted by molar-refractivity contribution is 7.99. The van der Waals surface area contributed by atoms with Gasteiger partial charge in [0.05, 0.1) is 0 Å². The quantitative estimate of drug-likeness (QED) is 0.583. The highest BCUT2D eigenvalue weighted by atomic mass is 32.2. The van der Waals surface area contributed by atoms with Gasteiger partial charge >= 0.3 is 0 Å². The van der Waals surface area contributed by atoms with Gasteiger partial charge in [-0.15, -0.1) is 11.8 Å². The molecule has 0 atom stereocenters. The molecule has 2 aromatic carbocycles. The summed E-state index contributed by atoms with van der Waals surface area (Å²) in [5.74, 6) is -0.534. The molecule has 0 bridgehead atoms. The van der Waals surface area contributed by atoms with Gasteiger partial charge in [-0.3, -0.25) is 4.79 Å². The number of carbonyl (C=O) groups is 1. The zero-order valence-corrected chi connectivity index (χ0v) is 15.8. The second-order valence-corrected chi connectivity index (χ2v) is 8.95. The first-order valence-corrected chi connectivity index (χ1v) is 10.6. The van der Waals surface area contributed by atoms with Crippen molar-refractivity contribution in [1.82, 2.24) is 4.72 Å². The average Bonchev–Trinajstić information content (AvgIpc) is 2.59. The molecule has 1 aliphatic heterocycles. The molecule has 0 unspecified atom stereocenters. The minimum absolute atomic E-state index is 0.189. The number of thioether (sulfide) groups is 1. The average molecular weight is 394 g/mol. The molecule has 5 nitrogen and oxygen atoms in total. The van der Waals surface area contributed by atoms with E-state index < -0.39 is 15.8 Å². The van der Waals surface area contributed by atoms with Crippen molar-refractivity contribution in [3.63, 3.8) is 0 Å². The van der Waals surface area contributed by atoms with Crippen LogP contribution in [-0.2, 0) is 21.2 Å². The van der Waals surface area contributed by atoms with E-state index in [0.29, 0.717) is 23.4 Å². The molecule has 2 N–H and O–H groups in total. The van der Waals surface area contributed by atoms with Crippen molar-refractivity contribution in [2.45, 2.75) is 29.6 Å². The third kappa shape index (κ3) is 4.44. The molecule has 0 spiro atoms. The highest BCUT2D eigenvalue weighted by Gasteiger charge is 2.24. The lowest BCUT2D eigenvalue weighted by Gasteiger charge is -2.18. The number of rotatable bonds is 6. The summed E-state index contributed by atoms with van der Waals surface area (Å²) in [6.07, 6.45) is 0.659. The Kier molecular flexibility index (Phi) is 5.64. The third-order valence-electron chi connectivity index (χ3n) is 4.03. The van der Waals surface area contributed by atoms with E-state index in [-0.39, 0.29) is 23.8 Å². The van der Waals surface area contributed by atoms with E-state index in [0.717, 1.165) is 16.5 Å². The monoisotopic (exact) mass is 394 g/mol. The van der Waals surface area contributed by atoms with E-state index in [1.54, 1.807) is 0 Å². The summed E-state index contributed by atoms with van der Waals surface area (Å²) in [5, 5.41) is 2.56. The maximum atomic E-state index is 14.2. The van der Waals surface area contributed by atoms with Crippen LogP contribution in [0.3, 0.4) is 0 Å². The summed E-state index contributed by atoms with van der Waals surface area (Å²) in [6, 6.07) is 10.3. The zero-order valence-electron chi connectivity index (χ0n) is 14.2. The van der Waals surface area contributed by atoms with Gasteiger partial charge in [0.15, 0.2) is 0 Å². The lowest BCUT2D eigenvalue weighted by atomic mass is 10.0. The van der Waals surface area contributed by atoms with Crippen LogP contribution in [0.5, 0.6) is 0 Å². The Balaban J connectivity index is 1.64. The normalized spacial score (nSPS) is 14.0. The molecule has 0 fully saturated rings. The zero-order chi connectivity index (χ0) is 18.7. The molecule has 0 saturated heterocycles. The Morgan fingerprint density at radius 1 is 1.19 bits per heavy atom. The second kappa shape index (κ2) is 7.77. The lowest BCUT2D eigenvalue weighted by Crippen LogP contribution is -2.27. The molecular weight excluding hydrogens is 375 g/mol. The number of hydrogen-bond donors (Lipinski definition) is 2. The SMILES string of the molecule is Cc1ccc(SCCNS(=O)(=O)c2cc3c(cc2F)NC(=O)CC3)cc1. The molecule has 0 aliphatic carbocycles. The fourth-order valence-electron chi connectivity index (χ4n) is 2.64. The van der Waals surface area contributed by atoms with Crippen LogP contribution in [0, 0.1) is 12.7 Å². The van der Waals surface area contributed by atoms with Gasteiger partial charge in [0, 0.05) is 29.3 Å². The molecular formula is C18H19FN2O3S2. The van der Waals surface area contributed by atoms with Gasteiger partial charge in [0.25, 0.3) is 0 Å². The molecule has 1 amide bonds. The van der Waals surface area contributed by atoms with Crippen LogP contribution in [-0.4, -0.2) is 26.6 Å². The van der Waals surface area contributed by atoms with Crippen molar-refractivity contribution in [1.29, 1.82) is 0 Å². The van der Waals surface area contributed by atoms with Crippen molar-refractivity contribution in [2.75, 3.05) is 17.6 Å². The third-order valence-corrected chi connectivity index (χ3v) is 6.52. The van der Waals surface area contributed by atoms with Gasteiger partial charge in [0.1, 0.15) is 10.7 Å². The van der Waals surface area contributed by atoms with E-state index in [9.17, 15) is 17.6 Å². The molecule has 0 aromatic heterocycles. The first-order valence-electron chi connectivity index (χ1n) is 8.16. The minimum atomic E-state index is -3.95. The van der Waals surface area contributed by atoms with Crippen molar-refractivity contribution in [3.8, 4) is 0 Å². The number of anilines is 1. The molecule has 26 heavy (non-hydrogen) atoms. The Morgan fingerprint density at radius 3 is 2.65 bits per heavy atom. The number of sulfonamides is 1. The maximum Gasteiger partial charge on any atom is 0.243 e. The number of hydrogen-bond acceptors (Lipinski definition) is 4. The smallest absolute Gasteiger partial charge is 0.243 e. The first kappa shape index (κ1) is 18.9. The van der Waals surface area contributed by atoms with Gasteiger partial charge in [0.2, 0.25) is 15.9 Å². The van der Waals surface area contributed by atoms with Gasteiger partial charge in [-0.25, -0.2) is 17.5 Å². The van der Waals surface area contributed by atoms with Gasteiger partial charge in [-0.1, -0.05) is 17.7 Å². The Labute approximate surface area is 156 Å². The van der Waals surface area contributed by atoms with Crippen molar-refractivity contribution in [2.24, 2.45) is 0 Å². The van der Waals surface area contributed by atoms with Gasteiger partial charge in [-0.05, 0) is 43.2 Å². The highest BCUT2D eigenvalue weighted by Crippen LogP contribution is 2.28. The van der Waals surface area contributed by atoms with Crippen LogP contribution in [0.25, 0.3) is 0 Å². The van der Waals surface area contributed by atoms with Crippen molar-refractivity contribution >= 4 is 33.4 Å². The Hall–Kier alpha value is -1.90. The van der Waals surface area contributed by atoms with Crippen LogP contribution >= 0.6 is 11.8 Å². The van der Waals surface area contributed by atoms with Crippen LogP contribution < -0.4 is 10.0 Å². The number of nitrogens with one attached hydrogen (secondary N) is 2. The topological polar surface area (TPSA) is 75.3 Å². The molecule has 138 valence electrons. The number of aryl methyl sites for hydroxylation is 2. The largest absolute Gasteiger partial charge is 0.326 e. The predicted octanol–water partition coefficient (Wildman–Crippen LogP) is 3.09. The first-order chi connectivity index (χ1) is 12.3. The van der Waals surface area contributed by atoms with E-state index in [1.807, 2.05) is 31.2 Å². The van der Waals surface area contributed by atoms with E-state index >= 15 is 0 Å². The van der Waals surface area contributed by atoms with Crippen LogP contribution in [0.2, 0.25) is 0 Å². The summed E-state index contributed by atoms with van der Waals surface area (Å²) >= 11 is 1.52. The summed E-state index contributed by atoms with van der Waals surface area (Å²) in [4.78, 5) is 12.0. The number of amides is 1. The van der Waals surface area contributed by atoms with Gasteiger partial charge < -0.3 is 5.32 Å². The fourth-order valence-corrected chi connectivity index (χ4v) is 4.68. The predicted molar refractivity (Wildman–Crippen MR) is 100 cm³/mol. The summed E-state index contributed by atoms with van der Waals surface area (Å²) in [5.41, 5.74) is 2.13. The van der Waals surface area contributed by atoms with E-state index in [4.69, 9.17) is 0 Å².